The van der Waals surface area contributed by atoms with Crippen molar-refractivity contribution in [2.45, 2.75) is 75.5 Å². The van der Waals surface area contributed by atoms with Crippen LogP contribution < -0.4 is 4.72 Å². The van der Waals surface area contributed by atoms with Crippen LogP contribution in [-0.2, 0) is 14.8 Å². The van der Waals surface area contributed by atoms with Gasteiger partial charge in [-0.1, -0.05) is 39.0 Å². The fraction of sp³-hybridized carbons (Fsp3) is 0.929. The van der Waals surface area contributed by atoms with Gasteiger partial charge >= 0.3 is 5.97 Å². The van der Waals surface area contributed by atoms with Gasteiger partial charge in [0.2, 0.25) is 10.0 Å². The van der Waals surface area contributed by atoms with Crippen molar-refractivity contribution < 1.29 is 18.3 Å². The second-order valence-corrected chi connectivity index (χ2v) is 8.29. The summed E-state index contributed by atoms with van der Waals surface area (Å²) in [5.74, 6) is -1.18. The van der Waals surface area contributed by atoms with E-state index in [2.05, 4.69) is 4.72 Å². The smallest absolute Gasteiger partial charge is 0.325 e. The van der Waals surface area contributed by atoms with E-state index in [1.54, 1.807) is 0 Å². The monoisotopic (exact) mass is 303 g/mol. The zero-order valence-corrected chi connectivity index (χ0v) is 12.9. The lowest BCUT2D eigenvalue weighted by Gasteiger charge is -2.40. The number of carboxylic acids is 1. The zero-order valence-electron chi connectivity index (χ0n) is 12.1. The molecule has 2 aliphatic carbocycles. The minimum atomic E-state index is -3.55. The minimum Gasteiger partial charge on any atom is -0.480 e. The number of carboxylic acid groups (broad SMARTS) is 1. The van der Waals surface area contributed by atoms with Crippen LogP contribution in [0.25, 0.3) is 0 Å². The maximum Gasteiger partial charge on any atom is 0.325 e. The fourth-order valence-corrected chi connectivity index (χ4v) is 5.59. The molecule has 2 fully saturated rings. The molecule has 0 saturated heterocycles. The van der Waals surface area contributed by atoms with E-state index in [1.165, 1.54) is 0 Å². The molecule has 5 nitrogen and oxygen atoms in total. The Morgan fingerprint density at radius 1 is 1.10 bits per heavy atom. The second-order valence-electron chi connectivity index (χ2n) is 6.33. The lowest BCUT2D eigenvalue weighted by atomic mass is 9.74. The Balaban J connectivity index is 2.21. The first-order valence-corrected chi connectivity index (χ1v) is 9.19. The number of aliphatic carboxylic acids is 1. The van der Waals surface area contributed by atoms with Gasteiger partial charge in [-0.2, -0.15) is 4.72 Å². The van der Waals surface area contributed by atoms with Crippen molar-refractivity contribution in [3.8, 4) is 0 Å². The fourth-order valence-electron chi connectivity index (χ4n) is 3.57. The van der Waals surface area contributed by atoms with E-state index in [0.29, 0.717) is 19.3 Å². The molecule has 0 bridgehead atoms. The van der Waals surface area contributed by atoms with Crippen LogP contribution in [-0.4, -0.2) is 30.3 Å². The number of rotatable bonds is 4. The molecule has 0 aromatic heterocycles. The quantitative estimate of drug-likeness (QED) is 0.834. The molecule has 2 aliphatic rings. The molecule has 2 unspecified atom stereocenters. The van der Waals surface area contributed by atoms with Crippen LogP contribution in [0, 0.1) is 5.92 Å². The maximum atomic E-state index is 12.5. The summed E-state index contributed by atoms with van der Waals surface area (Å²) < 4.78 is 27.7. The Morgan fingerprint density at radius 2 is 1.70 bits per heavy atom. The third kappa shape index (κ3) is 3.01. The van der Waals surface area contributed by atoms with Crippen molar-refractivity contribution in [2.75, 3.05) is 0 Å². The van der Waals surface area contributed by atoms with Crippen LogP contribution >= 0.6 is 0 Å². The summed E-state index contributed by atoms with van der Waals surface area (Å²) >= 11 is 0. The molecule has 0 aromatic carbocycles. The summed E-state index contributed by atoms with van der Waals surface area (Å²) in [7, 11) is -3.55. The largest absolute Gasteiger partial charge is 0.480 e. The van der Waals surface area contributed by atoms with E-state index in [4.69, 9.17) is 0 Å². The number of nitrogens with one attached hydrogen (secondary N) is 1. The van der Waals surface area contributed by atoms with Crippen molar-refractivity contribution in [1.29, 1.82) is 0 Å². The summed E-state index contributed by atoms with van der Waals surface area (Å²) in [5.41, 5.74) is -1.30. The summed E-state index contributed by atoms with van der Waals surface area (Å²) in [6.45, 7) is 1.84. The van der Waals surface area contributed by atoms with Gasteiger partial charge in [0.1, 0.15) is 5.54 Å². The van der Waals surface area contributed by atoms with Crippen LogP contribution in [0.15, 0.2) is 0 Å². The lowest BCUT2D eigenvalue weighted by molar-refractivity contribution is -0.147. The molecule has 2 saturated carbocycles. The van der Waals surface area contributed by atoms with Crippen molar-refractivity contribution >= 4 is 16.0 Å². The molecular weight excluding hydrogens is 278 g/mol. The molecule has 0 radical (unpaired) electrons. The van der Waals surface area contributed by atoms with E-state index in [9.17, 15) is 18.3 Å². The highest BCUT2D eigenvalue weighted by Gasteiger charge is 2.49. The number of hydrogen-bond donors (Lipinski definition) is 2. The van der Waals surface area contributed by atoms with Gasteiger partial charge in [0, 0.05) is 0 Å². The molecule has 0 spiro atoms. The van der Waals surface area contributed by atoms with Gasteiger partial charge in [0.25, 0.3) is 0 Å². The van der Waals surface area contributed by atoms with Crippen molar-refractivity contribution in [1.82, 2.24) is 4.72 Å². The van der Waals surface area contributed by atoms with E-state index in [-0.39, 0.29) is 5.92 Å². The average Bonchev–Trinajstić information content (AvgIpc) is 2.42. The molecule has 0 amide bonds. The highest BCUT2D eigenvalue weighted by atomic mass is 32.2. The minimum absolute atomic E-state index is 0.160. The van der Waals surface area contributed by atoms with Gasteiger partial charge in [-0.15, -0.1) is 0 Å². The van der Waals surface area contributed by atoms with Crippen LogP contribution in [0.5, 0.6) is 0 Å². The Morgan fingerprint density at radius 3 is 2.25 bits per heavy atom. The Hall–Kier alpha value is -0.620. The lowest BCUT2D eigenvalue weighted by Crippen LogP contribution is -2.61. The maximum absolute atomic E-state index is 12.5. The zero-order chi connectivity index (χ0) is 14.8. The van der Waals surface area contributed by atoms with E-state index in [1.807, 2.05) is 6.92 Å². The molecule has 0 aliphatic heterocycles. The highest BCUT2D eigenvalue weighted by molar-refractivity contribution is 7.90. The normalized spacial score (nSPS) is 33.0. The topological polar surface area (TPSA) is 83.5 Å². The standard InChI is InChI=1S/C14H25NO4S/c1-11-7-5-6-10-14(11,13(16)17)15-20(18,19)12-8-3-2-4-9-12/h11-12,15H,2-10H2,1H3,(H,16,17). The first-order chi connectivity index (χ1) is 9.38. The second kappa shape index (κ2) is 6.02. The predicted molar refractivity (Wildman–Crippen MR) is 76.9 cm³/mol. The van der Waals surface area contributed by atoms with Crippen LogP contribution in [0.2, 0.25) is 0 Å². The van der Waals surface area contributed by atoms with Gasteiger partial charge in [-0.25, -0.2) is 8.42 Å². The number of hydrogen-bond acceptors (Lipinski definition) is 3. The molecule has 2 N–H and O–H groups in total. The average molecular weight is 303 g/mol. The van der Waals surface area contributed by atoms with Crippen molar-refractivity contribution in [3.63, 3.8) is 0 Å². The highest BCUT2D eigenvalue weighted by Crippen LogP contribution is 2.36. The van der Waals surface area contributed by atoms with E-state index < -0.39 is 26.8 Å². The predicted octanol–water partition coefficient (Wildman–Crippen LogP) is 2.27. The third-order valence-corrected chi connectivity index (χ3v) is 6.99. The molecule has 2 atom stereocenters. The SMILES string of the molecule is CC1CCCCC1(NS(=O)(=O)C1CCCCC1)C(=O)O. The Kier molecular flexibility index (Phi) is 4.74. The van der Waals surface area contributed by atoms with Gasteiger partial charge in [-0.05, 0) is 31.6 Å². The van der Waals surface area contributed by atoms with Gasteiger partial charge in [0.05, 0.1) is 5.25 Å². The first kappa shape index (κ1) is 15.8. The molecular formula is C14H25NO4S. The van der Waals surface area contributed by atoms with Gasteiger partial charge < -0.3 is 5.11 Å². The summed E-state index contributed by atoms with van der Waals surface area (Å²) in [4.78, 5) is 11.7. The molecule has 6 heteroatoms. The van der Waals surface area contributed by atoms with Gasteiger partial charge in [-0.3, -0.25) is 4.79 Å². The third-order valence-electron chi connectivity index (χ3n) is 5.00. The van der Waals surface area contributed by atoms with Crippen LogP contribution in [0.1, 0.15) is 64.7 Å². The Bertz CT molecular complexity index is 456. The first-order valence-electron chi connectivity index (χ1n) is 7.65. The van der Waals surface area contributed by atoms with E-state index in [0.717, 1.165) is 38.5 Å². The van der Waals surface area contributed by atoms with E-state index >= 15 is 0 Å². The van der Waals surface area contributed by atoms with Crippen molar-refractivity contribution in [3.05, 3.63) is 0 Å². The molecule has 0 aromatic rings. The van der Waals surface area contributed by atoms with Gasteiger partial charge in [0.15, 0.2) is 0 Å². The molecule has 0 heterocycles. The molecule has 116 valence electrons. The summed E-state index contributed by atoms with van der Waals surface area (Å²) in [6, 6.07) is 0. The van der Waals surface area contributed by atoms with Crippen molar-refractivity contribution in [2.24, 2.45) is 5.92 Å². The molecule has 2 rings (SSSR count). The van der Waals surface area contributed by atoms with Crippen LogP contribution in [0.4, 0.5) is 0 Å². The van der Waals surface area contributed by atoms with Crippen LogP contribution in [0.3, 0.4) is 0 Å². The molecule has 20 heavy (non-hydrogen) atoms. The summed E-state index contributed by atoms with van der Waals surface area (Å²) in [5, 5.41) is 9.18. The summed E-state index contributed by atoms with van der Waals surface area (Å²) in [6.07, 6.45) is 7.12. The number of sulfonamides is 1. The Labute approximate surface area is 121 Å². The number of carbonyl (C=O) groups is 1.